The molecule has 0 fully saturated rings. The molecule has 0 aliphatic carbocycles. The minimum absolute atomic E-state index is 0.606. The van der Waals surface area contributed by atoms with Gasteiger partial charge in [0.15, 0.2) is 17.5 Å². The highest BCUT2D eigenvalue weighted by molar-refractivity contribution is 7.25. The summed E-state index contributed by atoms with van der Waals surface area (Å²) in [7, 11) is 0. The molecule has 0 bridgehead atoms. The van der Waals surface area contributed by atoms with Crippen LogP contribution in [0.2, 0.25) is 0 Å². The van der Waals surface area contributed by atoms with Gasteiger partial charge in [0.2, 0.25) is 0 Å². The molecule has 0 spiro atoms. The fraction of sp³-hybridized carbons (Fsp3) is 0. The summed E-state index contributed by atoms with van der Waals surface area (Å²) in [6.07, 6.45) is 0. The Morgan fingerprint density at radius 1 is 0.365 bits per heavy atom. The molecule has 11 rings (SSSR count). The van der Waals surface area contributed by atoms with Gasteiger partial charge in [-0.05, 0) is 75.1 Å². The lowest BCUT2D eigenvalue weighted by molar-refractivity contribution is 0.669. The lowest BCUT2D eigenvalue weighted by Crippen LogP contribution is -2.00. The van der Waals surface area contributed by atoms with Crippen LogP contribution in [0.1, 0.15) is 0 Å². The van der Waals surface area contributed by atoms with Gasteiger partial charge < -0.3 is 4.42 Å². The van der Waals surface area contributed by atoms with E-state index in [4.69, 9.17) is 19.4 Å². The molecule has 0 aliphatic rings. The van der Waals surface area contributed by atoms with Crippen LogP contribution in [0.3, 0.4) is 0 Å². The average molecular weight is 682 g/mol. The van der Waals surface area contributed by atoms with Gasteiger partial charge in [0.25, 0.3) is 0 Å². The number of rotatable bonds is 4. The Morgan fingerprint density at radius 3 is 1.92 bits per heavy atom. The summed E-state index contributed by atoms with van der Waals surface area (Å²) >= 11 is 1.81. The van der Waals surface area contributed by atoms with Crippen molar-refractivity contribution in [2.24, 2.45) is 0 Å². The number of fused-ring (bicyclic) bond motifs is 9. The third-order valence-electron chi connectivity index (χ3n) is 10.1. The first-order valence-electron chi connectivity index (χ1n) is 17.3. The number of aromatic nitrogens is 3. The molecule has 0 radical (unpaired) electrons. The molecule has 0 unspecified atom stereocenters. The van der Waals surface area contributed by atoms with Crippen LogP contribution in [0.25, 0.3) is 109 Å². The van der Waals surface area contributed by atoms with Gasteiger partial charge in [0, 0.05) is 47.6 Å². The minimum atomic E-state index is 0.606. The predicted octanol–water partition coefficient (Wildman–Crippen LogP) is 13.1. The number of benzene rings is 8. The molecule has 5 heteroatoms. The van der Waals surface area contributed by atoms with Gasteiger partial charge in [-0.15, -0.1) is 11.3 Å². The van der Waals surface area contributed by atoms with Gasteiger partial charge in [-0.1, -0.05) is 121 Å². The van der Waals surface area contributed by atoms with Crippen LogP contribution in [0, 0.1) is 0 Å². The molecular weight excluding hydrogens is 655 g/mol. The van der Waals surface area contributed by atoms with Gasteiger partial charge >= 0.3 is 0 Å². The standard InChI is InChI=1S/C47H27N3OS/c1-2-14-33-28(10-1)22-23-29-11-8-17-34(43(29)33)30-12-7-13-31(26-30)45-48-46(32-24-25-42-38(27-32)35-15-4-6-21-41(35)52-42)50-47(49-45)37-18-9-20-40-44(37)36-16-3-5-19-39(36)51-40/h1-27H. The van der Waals surface area contributed by atoms with E-state index in [0.717, 1.165) is 44.2 Å². The molecule has 4 nitrogen and oxygen atoms in total. The second kappa shape index (κ2) is 11.4. The van der Waals surface area contributed by atoms with Crippen molar-refractivity contribution in [2.45, 2.75) is 0 Å². The fourth-order valence-corrected chi connectivity index (χ4v) is 8.79. The summed E-state index contributed by atoms with van der Waals surface area (Å²) in [4.78, 5) is 15.6. The Hall–Kier alpha value is -6.69. The molecule has 0 saturated carbocycles. The Kier molecular flexibility index (Phi) is 6.39. The number of hydrogen-bond donors (Lipinski definition) is 0. The van der Waals surface area contributed by atoms with Crippen molar-refractivity contribution in [3.05, 3.63) is 164 Å². The predicted molar refractivity (Wildman–Crippen MR) is 217 cm³/mol. The molecule has 0 aliphatic heterocycles. The van der Waals surface area contributed by atoms with E-state index in [9.17, 15) is 0 Å². The summed E-state index contributed by atoms with van der Waals surface area (Å²) in [5.41, 5.74) is 6.70. The Bertz CT molecular complexity index is 3210. The largest absolute Gasteiger partial charge is 0.456 e. The Labute approximate surface area is 302 Å². The molecule has 242 valence electrons. The van der Waals surface area contributed by atoms with Crippen LogP contribution < -0.4 is 0 Å². The maximum atomic E-state index is 6.28. The first-order chi connectivity index (χ1) is 25.7. The molecule has 0 amide bonds. The number of hydrogen-bond acceptors (Lipinski definition) is 5. The van der Waals surface area contributed by atoms with Gasteiger partial charge in [0.05, 0.1) is 0 Å². The third-order valence-corrected chi connectivity index (χ3v) is 11.3. The van der Waals surface area contributed by atoms with Gasteiger partial charge in [0.1, 0.15) is 11.2 Å². The molecule has 0 N–H and O–H groups in total. The zero-order valence-corrected chi connectivity index (χ0v) is 28.6. The topological polar surface area (TPSA) is 51.8 Å². The van der Waals surface area contributed by atoms with Gasteiger partial charge in [-0.3, -0.25) is 0 Å². The average Bonchev–Trinajstić information content (AvgIpc) is 3.78. The van der Waals surface area contributed by atoms with E-state index < -0.39 is 0 Å². The highest BCUT2D eigenvalue weighted by Gasteiger charge is 2.19. The number of furan rings is 1. The van der Waals surface area contributed by atoms with Crippen LogP contribution in [-0.2, 0) is 0 Å². The Morgan fingerprint density at radius 2 is 1.00 bits per heavy atom. The highest BCUT2D eigenvalue weighted by Crippen LogP contribution is 2.40. The lowest BCUT2D eigenvalue weighted by atomic mass is 9.93. The van der Waals surface area contributed by atoms with Crippen molar-refractivity contribution in [1.29, 1.82) is 0 Å². The minimum Gasteiger partial charge on any atom is -0.456 e. The number of nitrogens with zero attached hydrogens (tertiary/aromatic N) is 3. The summed E-state index contributed by atoms with van der Waals surface area (Å²) < 4.78 is 8.79. The second-order valence-electron chi connectivity index (χ2n) is 13.2. The van der Waals surface area contributed by atoms with E-state index in [1.54, 1.807) is 11.3 Å². The number of thiophene rings is 1. The summed E-state index contributed by atoms with van der Waals surface area (Å²) in [5, 5.41) is 9.39. The molecule has 8 aromatic carbocycles. The van der Waals surface area contributed by atoms with Gasteiger partial charge in [-0.25, -0.2) is 15.0 Å². The van der Waals surface area contributed by atoms with Crippen molar-refractivity contribution in [3.63, 3.8) is 0 Å². The van der Waals surface area contributed by atoms with Crippen molar-refractivity contribution >= 4 is 75.0 Å². The quantitative estimate of drug-likeness (QED) is 0.174. The summed E-state index contributed by atoms with van der Waals surface area (Å²) in [6, 6.07) is 57.5. The van der Waals surface area contributed by atoms with Crippen LogP contribution in [0.15, 0.2) is 168 Å². The summed E-state index contributed by atoms with van der Waals surface area (Å²) in [5.74, 6) is 1.85. The van der Waals surface area contributed by atoms with E-state index in [2.05, 4.69) is 133 Å². The van der Waals surface area contributed by atoms with Gasteiger partial charge in [-0.2, -0.15) is 0 Å². The number of para-hydroxylation sites is 1. The van der Waals surface area contributed by atoms with Crippen LogP contribution in [-0.4, -0.2) is 15.0 Å². The molecule has 0 saturated heterocycles. The van der Waals surface area contributed by atoms with E-state index in [-0.39, 0.29) is 0 Å². The van der Waals surface area contributed by atoms with E-state index in [1.807, 2.05) is 30.3 Å². The Balaban J connectivity index is 1.15. The smallest absolute Gasteiger partial charge is 0.164 e. The molecule has 3 heterocycles. The molecule has 52 heavy (non-hydrogen) atoms. The zero-order chi connectivity index (χ0) is 34.2. The van der Waals surface area contributed by atoms with Crippen molar-refractivity contribution in [3.8, 4) is 45.3 Å². The van der Waals surface area contributed by atoms with Crippen molar-refractivity contribution in [1.82, 2.24) is 15.0 Å². The van der Waals surface area contributed by atoms with Crippen LogP contribution in [0.5, 0.6) is 0 Å². The maximum absolute atomic E-state index is 6.28. The zero-order valence-electron chi connectivity index (χ0n) is 27.7. The van der Waals surface area contributed by atoms with Crippen molar-refractivity contribution in [2.75, 3.05) is 0 Å². The highest BCUT2D eigenvalue weighted by atomic mass is 32.1. The van der Waals surface area contributed by atoms with E-state index in [0.29, 0.717) is 17.5 Å². The molecule has 0 atom stereocenters. The van der Waals surface area contributed by atoms with Crippen LogP contribution >= 0.6 is 11.3 Å². The molecule has 11 aromatic rings. The molecular formula is C47H27N3OS. The summed E-state index contributed by atoms with van der Waals surface area (Å²) in [6.45, 7) is 0. The normalized spacial score (nSPS) is 11.8. The van der Waals surface area contributed by atoms with Crippen molar-refractivity contribution < 1.29 is 4.42 Å². The maximum Gasteiger partial charge on any atom is 0.164 e. The molecule has 3 aromatic heterocycles. The SMILES string of the molecule is c1cc(-c2nc(-c3ccc4sc5ccccc5c4c3)nc(-c3cccc4oc5ccccc5c34)n2)cc(-c2cccc3ccc4ccccc4c23)c1. The lowest BCUT2D eigenvalue weighted by Gasteiger charge is -2.12. The monoisotopic (exact) mass is 681 g/mol. The fourth-order valence-electron chi connectivity index (χ4n) is 7.71. The van der Waals surface area contributed by atoms with E-state index in [1.165, 1.54) is 47.3 Å². The van der Waals surface area contributed by atoms with Crippen LogP contribution in [0.4, 0.5) is 0 Å². The third kappa shape index (κ3) is 4.57. The van der Waals surface area contributed by atoms with E-state index >= 15 is 0 Å². The first-order valence-corrected chi connectivity index (χ1v) is 18.2. The second-order valence-corrected chi connectivity index (χ2v) is 14.2. The first kappa shape index (κ1) is 29.1.